The summed E-state index contributed by atoms with van der Waals surface area (Å²) in [4.78, 5) is 16.7. The van der Waals surface area contributed by atoms with E-state index in [1.165, 1.54) is 11.8 Å². The number of carbonyl (C=O) groups is 1. The van der Waals surface area contributed by atoms with E-state index in [4.69, 9.17) is 10.6 Å². The summed E-state index contributed by atoms with van der Waals surface area (Å²) in [5, 5.41) is 11.4. The van der Waals surface area contributed by atoms with Crippen molar-refractivity contribution in [3.8, 4) is 5.69 Å². The van der Waals surface area contributed by atoms with Crippen LogP contribution >= 0.6 is 11.8 Å². The highest BCUT2D eigenvalue weighted by molar-refractivity contribution is 7.98. The molecule has 0 atom stereocenters. The van der Waals surface area contributed by atoms with E-state index in [0.29, 0.717) is 16.3 Å². The van der Waals surface area contributed by atoms with Gasteiger partial charge in [0.25, 0.3) is 0 Å². The fraction of sp³-hybridized carbons (Fsp3) is 0.0556. The Morgan fingerprint density at radius 2 is 1.81 bits per heavy atom. The van der Waals surface area contributed by atoms with Crippen LogP contribution in [0.25, 0.3) is 5.69 Å². The smallest absolute Gasteiger partial charge is 0.380 e. The average Bonchev–Trinajstić information content (AvgIpc) is 3.12. The molecule has 0 aliphatic rings. The minimum Gasteiger partial charge on any atom is -0.380 e. The van der Waals surface area contributed by atoms with E-state index in [1.54, 1.807) is 35.1 Å². The lowest BCUT2D eigenvalue weighted by atomic mass is 10.3. The average molecular weight is 367 g/mol. The molecule has 8 heteroatoms. The van der Waals surface area contributed by atoms with Crippen LogP contribution < -0.4 is 11.1 Å². The van der Waals surface area contributed by atoms with Gasteiger partial charge in [0, 0.05) is 11.9 Å². The Morgan fingerprint density at radius 3 is 2.46 bits per heavy atom. The van der Waals surface area contributed by atoms with Crippen molar-refractivity contribution < 1.29 is 9.63 Å². The third-order valence-electron chi connectivity index (χ3n) is 3.42. The number of amides is 1. The summed E-state index contributed by atoms with van der Waals surface area (Å²) in [6.07, 6.45) is 2.91. The number of carbonyl (C=O) groups excluding carboxylic acids is 1. The topological polar surface area (TPSA) is 94.5 Å². The number of benzene rings is 2. The second-order valence-electron chi connectivity index (χ2n) is 5.18. The SMILES string of the molecule is CSc1nn(-c2ccccc2)cc1C(N)=NOC(=O)Nc1ccccc1. The molecule has 1 heterocycles. The lowest BCUT2D eigenvalue weighted by molar-refractivity contribution is 0.166. The summed E-state index contributed by atoms with van der Waals surface area (Å²) in [6.45, 7) is 0. The molecule has 1 aromatic heterocycles. The third kappa shape index (κ3) is 4.22. The molecular weight excluding hydrogens is 350 g/mol. The quantitative estimate of drug-likeness (QED) is 0.237. The van der Waals surface area contributed by atoms with E-state index >= 15 is 0 Å². The molecule has 3 aromatic rings. The number of para-hydroxylation sites is 2. The van der Waals surface area contributed by atoms with Crippen LogP contribution in [0, 0.1) is 0 Å². The molecule has 2 aromatic carbocycles. The first kappa shape index (κ1) is 17.6. The van der Waals surface area contributed by atoms with Crippen molar-refractivity contribution >= 4 is 29.4 Å². The highest BCUT2D eigenvalue weighted by Crippen LogP contribution is 2.20. The number of nitrogens with zero attached hydrogens (tertiary/aromatic N) is 3. The van der Waals surface area contributed by atoms with Crippen molar-refractivity contribution in [3.05, 3.63) is 72.4 Å². The molecule has 0 aliphatic heterocycles. The van der Waals surface area contributed by atoms with Gasteiger partial charge in [0.2, 0.25) is 0 Å². The number of oxime groups is 1. The van der Waals surface area contributed by atoms with Crippen LogP contribution in [0.2, 0.25) is 0 Å². The maximum absolute atomic E-state index is 11.8. The molecule has 0 unspecified atom stereocenters. The van der Waals surface area contributed by atoms with Crippen molar-refractivity contribution in [1.82, 2.24) is 9.78 Å². The molecule has 132 valence electrons. The Labute approximate surface area is 154 Å². The van der Waals surface area contributed by atoms with Crippen LogP contribution in [0.1, 0.15) is 5.56 Å². The van der Waals surface area contributed by atoms with Gasteiger partial charge >= 0.3 is 6.09 Å². The first-order chi connectivity index (χ1) is 12.7. The number of anilines is 1. The third-order valence-corrected chi connectivity index (χ3v) is 4.11. The van der Waals surface area contributed by atoms with Gasteiger partial charge in [-0.05, 0) is 30.5 Å². The second kappa shape index (κ2) is 8.21. The molecule has 3 N–H and O–H groups in total. The van der Waals surface area contributed by atoms with E-state index in [9.17, 15) is 4.79 Å². The number of nitrogens with one attached hydrogen (secondary N) is 1. The van der Waals surface area contributed by atoms with Gasteiger partial charge in [0.15, 0.2) is 5.84 Å². The van der Waals surface area contributed by atoms with E-state index in [1.807, 2.05) is 42.7 Å². The van der Waals surface area contributed by atoms with E-state index < -0.39 is 6.09 Å². The van der Waals surface area contributed by atoms with Crippen molar-refractivity contribution in [2.24, 2.45) is 10.9 Å². The molecule has 0 radical (unpaired) electrons. The van der Waals surface area contributed by atoms with Crippen LogP contribution in [-0.4, -0.2) is 28.0 Å². The summed E-state index contributed by atoms with van der Waals surface area (Å²) in [6, 6.07) is 18.6. The van der Waals surface area contributed by atoms with Gasteiger partial charge in [-0.15, -0.1) is 11.8 Å². The predicted octanol–water partition coefficient (Wildman–Crippen LogP) is 3.46. The maximum Gasteiger partial charge on any atom is 0.437 e. The van der Waals surface area contributed by atoms with E-state index in [-0.39, 0.29) is 5.84 Å². The first-order valence-corrected chi connectivity index (χ1v) is 8.96. The monoisotopic (exact) mass is 367 g/mol. The Hall–Kier alpha value is -3.26. The standard InChI is InChI=1S/C18H17N5O2S/c1-26-17-15(12-23(21-17)14-10-6-3-7-11-14)16(19)22-25-18(24)20-13-8-4-2-5-9-13/h2-12H,1H3,(H2,19,22)(H,20,24). The minimum atomic E-state index is -0.722. The number of nitrogens with two attached hydrogens (primary N) is 1. The molecule has 0 saturated carbocycles. The summed E-state index contributed by atoms with van der Waals surface area (Å²) in [5.41, 5.74) is 8.07. The number of aromatic nitrogens is 2. The number of hydrogen-bond acceptors (Lipinski definition) is 5. The summed E-state index contributed by atoms with van der Waals surface area (Å²) < 4.78 is 1.70. The highest BCUT2D eigenvalue weighted by Gasteiger charge is 2.14. The van der Waals surface area contributed by atoms with Crippen LogP contribution in [0.4, 0.5) is 10.5 Å². The number of hydrogen-bond donors (Lipinski definition) is 2. The van der Waals surface area contributed by atoms with Crippen molar-refractivity contribution in [3.63, 3.8) is 0 Å². The van der Waals surface area contributed by atoms with E-state index in [0.717, 1.165) is 5.69 Å². The van der Waals surface area contributed by atoms with Crippen LogP contribution in [0.5, 0.6) is 0 Å². The Morgan fingerprint density at radius 1 is 1.15 bits per heavy atom. The van der Waals surface area contributed by atoms with Gasteiger partial charge in [0.1, 0.15) is 5.03 Å². The molecule has 7 nitrogen and oxygen atoms in total. The Balaban J connectivity index is 1.74. The lowest BCUT2D eigenvalue weighted by Gasteiger charge is -2.03. The van der Waals surface area contributed by atoms with Crippen molar-refractivity contribution in [1.29, 1.82) is 0 Å². The summed E-state index contributed by atoms with van der Waals surface area (Å²) >= 11 is 1.43. The van der Waals surface area contributed by atoms with Gasteiger partial charge in [-0.25, -0.2) is 9.48 Å². The molecule has 1 amide bonds. The zero-order valence-corrected chi connectivity index (χ0v) is 14.8. The number of thioether (sulfide) groups is 1. The number of rotatable bonds is 5. The van der Waals surface area contributed by atoms with Crippen molar-refractivity contribution in [2.45, 2.75) is 5.03 Å². The maximum atomic E-state index is 11.8. The number of amidine groups is 1. The largest absolute Gasteiger partial charge is 0.437 e. The van der Waals surface area contributed by atoms with Crippen molar-refractivity contribution in [2.75, 3.05) is 11.6 Å². The molecule has 0 fully saturated rings. The first-order valence-electron chi connectivity index (χ1n) is 7.73. The van der Waals surface area contributed by atoms with Crippen LogP contribution in [0.3, 0.4) is 0 Å². The molecule has 0 spiro atoms. The van der Waals surface area contributed by atoms with Gasteiger partial charge in [-0.2, -0.15) is 5.10 Å². The normalized spacial score (nSPS) is 11.2. The van der Waals surface area contributed by atoms with Gasteiger partial charge in [0.05, 0.1) is 11.3 Å². The van der Waals surface area contributed by atoms with Crippen LogP contribution in [0.15, 0.2) is 77.0 Å². The zero-order valence-electron chi connectivity index (χ0n) is 14.0. The molecule has 3 rings (SSSR count). The minimum absolute atomic E-state index is 0.0692. The summed E-state index contributed by atoms with van der Waals surface area (Å²) in [5.74, 6) is 0.0692. The van der Waals surface area contributed by atoms with E-state index in [2.05, 4.69) is 15.6 Å². The predicted molar refractivity (Wildman–Crippen MR) is 103 cm³/mol. The zero-order chi connectivity index (χ0) is 18.4. The molecule has 0 bridgehead atoms. The fourth-order valence-corrected chi connectivity index (χ4v) is 2.75. The Kier molecular flexibility index (Phi) is 5.55. The van der Waals surface area contributed by atoms with Gasteiger partial charge in [-0.1, -0.05) is 41.6 Å². The lowest BCUT2D eigenvalue weighted by Crippen LogP contribution is -2.17. The second-order valence-corrected chi connectivity index (χ2v) is 5.97. The molecule has 26 heavy (non-hydrogen) atoms. The molecule has 0 aliphatic carbocycles. The fourth-order valence-electron chi connectivity index (χ4n) is 2.20. The van der Waals surface area contributed by atoms with Gasteiger partial charge < -0.3 is 5.73 Å². The summed E-state index contributed by atoms with van der Waals surface area (Å²) in [7, 11) is 0. The molecular formula is C18H17N5O2S. The molecule has 0 saturated heterocycles. The van der Waals surface area contributed by atoms with Gasteiger partial charge in [-0.3, -0.25) is 10.2 Å². The Bertz CT molecular complexity index is 910. The highest BCUT2D eigenvalue weighted by atomic mass is 32.2. The van der Waals surface area contributed by atoms with Crippen LogP contribution in [-0.2, 0) is 4.84 Å².